The minimum absolute atomic E-state index is 0.00805. The van der Waals surface area contributed by atoms with Crippen molar-refractivity contribution in [3.8, 4) is 0 Å². The van der Waals surface area contributed by atoms with Crippen LogP contribution < -0.4 is 16.0 Å². The van der Waals surface area contributed by atoms with E-state index in [2.05, 4.69) is 30.9 Å². The molecule has 2 saturated heterocycles. The van der Waals surface area contributed by atoms with E-state index in [9.17, 15) is 24.3 Å². The van der Waals surface area contributed by atoms with E-state index < -0.39 is 35.9 Å². The predicted molar refractivity (Wildman–Crippen MR) is 142 cm³/mol. The molecule has 0 spiro atoms. The molecule has 1 aromatic carbocycles. The molecule has 39 heavy (non-hydrogen) atoms. The largest absolute Gasteiger partial charge is 0.480 e. The Kier molecular flexibility index (Phi) is 7.92. The summed E-state index contributed by atoms with van der Waals surface area (Å²) in [5.41, 5.74) is 2.25. The third-order valence-corrected chi connectivity index (χ3v) is 7.52. The normalized spacial score (nSPS) is 20.6. The number of para-hydroxylation sites is 1. The van der Waals surface area contributed by atoms with Gasteiger partial charge in [0.15, 0.2) is 0 Å². The maximum absolute atomic E-state index is 13.5. The van der Waals surface area contributed by atoms with Crippen LogP contribution in [0.4, 0.5) is 0 Å². The summed E-state index contributed by atoms with van der Waals surface area (Å²) in [7, 11) is 0. The summed E-state index contributed by atoms with van der Waals surface area (Å²) in [5, 5.41) is 19.3. The van der Waals surface area contributed by atoms with Crippen LogP contribution in [0.3, 0.4) is 0 Å². The van der Waals surface area contributed by atoms with Gasteiger partial charge in [-0.05, 0) is 43.9 Å². The Bertz CT molecular complexity index is 1330. The molecule has 0 aliphatic carbocycles. The predicted octanol–water partition coefficient (Wildman–Crippen LogP) is 0.473. The van der Waals surface area contributed by atoms with Crippen LogP contribution in [0.15, 0.2) is 43.0 Å². The molecule has 2 aliphatic rings. The number of benzene rings is 1. The maximum atomic E-state index is 13.5. The number of H-pyrrole nitrogens is 2. The molecule has 4 heterocycles. The number of amides is 3. The van der Waals surface area contributed by atoms with Gasteiger partial charge in [0.2, 0.25) is 17.7 Å². The number of hydrogen-bond donors (Lipinski definition) is 6. The van der Waals surface area contributed by atoms with E-state index in [1.165, 1.54) is 12.5 Å². The minimum atomic E-state index is -1.22. The van der Waals surface area contributed by atoms with Crippen molar-refractivity contribution >= 4 is 34.6 Å². The summed E-state index contributed by atoms with van der Waals surface area (Å²) in [6.07, 6.45) is 7.72. The number of rotatable bonds is 10. The maximum Gasteiger partial charge on any atom is 0.326 e. The first kappa shape index (κ1) is 26.4. The molecule has 2 aromatic heterocycles. The fourth-order valence-electron chi connectivity index (χ4n) is 5.48. The zero-order valence-electron chi connectivity index (χ0n) is 21.5. The molecule has 5 rings (SSSR count). The number of fused-ring (bicyclic) bond motifs is 1. The van der Waals surface area contributed by atoms with Gasteiger partial charge in [-0.2, -0.15) is 0 Å². The van der Waals surface area contributed by atoms with Gasteiger partial charge in [0.1, 0.15) is 18.1 Å². The van der Waals surface area contributed by atoms with Crippen molar-refractivity contribution in [3.05, 3.63) is 54.2 Å². The minimum Gasteiger partial charge on any atom is -0.480 e. The van der Waals surface area contributed by atoms with Gasteiger partial charge in [0, 0.05) is 48.4 Å². The van der Waals surface area contributed by atoms with E-state index in [4.69, 9.17) is 0 Å². The van der Waals surface area contributed by atoms with Crippen LogP contribution in [0.5, 0.6) is 0 Å². The van der Waals surface area contributed by atoms with Gasteiger partial charge in [0.25, 0.3) is 0 Å². The number of aliphatic carboxylic acids is 1. The molecule has 4 atom stereocenters. The van der Waals surface area contributed by atoms with Crippen LogP contribution >= 0.6 is 0 Å². The summed E-state index contributed by atoms with van der Waals surface area (Å²) >= 11 is 0. The zero-order valence-corrected chi connectivity index (χ0v) is 21.5. The van der Waals surface area contributed by atoms with Gasteiger partial charge in [0.05, 0.1) is 12.4 Å². The summed E-state index contributed by atoms with van der Waals surface area (Å²) in [6, 6.07) is 4.37. The molecule has 6 N–H and O–H groups in total. The molecule has 206 valence electrons. The Morgan fingerprint density at radius 2 is 1.90 bits per heavy atom. The number of nitrogens with one attached hydrogen (secondary N) is 5. The van der Waals surface area contributed by atoms with E-state index in [1.54, 1.807) is 11.1 Å². The standard InChI is InChI=1S/C27H33N7O5/c35-24(33-22(27(38)39)12-17-14-28-15-31-17)21(11-16-13-30-19-6-2-1-5-18(16)19)32-25(36)23-8-4-10-34(23)26(37)20-7-3-9-29-20/h1-2,5-6,13-15,20-23,29-30H,3-4,7-12H2,(H,28,31)(H,32,36)(H,33,35)(H,38,39). The van der Waals surface area contributed by atoms with Crippen molar-refractivity contribution in [2.75, 3.05) is 13.1 Å². The van der Waals surface area contributed by atoms with E-state index in [0.717, 1.165) is 35.9 Å². The lowest BCUT2D eigenvalue weighted by atomic mass is 10.0. The second kappa shape index (κ2) is 11.7. The lowest BCUT2D eigenvalue weighted by Gasteiger charge is -2.28. The number of imidazole rings is 1. The van der Waals surface area contributed by atoms with Crippen molar-refractivity contribution in [3.63, 3.8) is 0 Å². The third kappa shape index (κ3) is 5.95. The number of carbonyl (C=O) groups is 4. The number of carbonyl (C=O) groups excluding carboxylic acids is 3. The van der Waals surface area contributed by atoms with Crippen molar-refractivity contribution in [1.29, 1.82) is 0 Å². The lowest BCUT2D eigenvalue weighted by Crippen LogP contribution is -2.57. The number of aromatic amines is 2. The van der Waals surface area contributed by atoms with Crippen LogP contribution in [-0.2, 0) is 32.0 Å². The highest BCUT2D eigenvalue weighted by atomic mass is 16.4. The first-order valence-corrected chi connectivity index (χ1v) is 13.3. The third-order valence-electron chi connectivity index (χ3n) is 7.52. The highest BCUT2D eigenvalue weighted by Crippen LogP contribution is 2.22. The molecule has 0 radical (unpaired) electrons. The van der Waals surface area contributed by atoms with Gasteiger partial charge >= 0.3 is 5.97 Å². The molecule has 0 bridgehead atoms. The molecule has 4 unspecified atom stereocenters. The monoisotopic (exact) mass is 535 g/mol. The van der Waals surface area contributed by atoms with Crippen LogP contribution in [0.2, 0.25) is 0 Å². The Labute approximate surface area is 224 Å². The molecular formula is C27H33N7O5. The van der Waals surface area contributed by atoms with E-state index in [-0.39, 0.29) is 24.8 Å². The molecular weight excluding hydrogens is 502 g/mol. The number of aromatic nitrogens is 3. The second-order valence-corrected chi connectivity index (χ2v) is 10.1. The average molecular weight is 536 g/mol. The number of hydrogen-bond acceptors (Lipinski definition) is 6. The van der Waals surface area contributed by atoms with E-state index >= 15 is 0 Å². The van der Waals surface area contributed by atoms with Crippen LogP contribution in [0, 0.1) is 0 Å². The molecule has 0 saturated carbocycles. The Morgan fingerprint density at radius 3 is 2.64 bits per heavy atom. The van der Waals surface area contributed by atoms with Crippen molar-refractivity contribution in [2.24, 2.45) is 0 Å². The molecule has 2 fully saturated rings. The first-order valence-electron chi connectivity index (χ1n) is 13.3. The number of carboxylic acid groups (broad SMARTS) is 1. The molecule has 12 heteroatoms. The number of carboxylic acids is 1. The molecule has 3 amide bonds. The highest BCUT2D eigenvalue weighted by Gasteiger charge is 2.39. The average Bonchev–Trinajstić information content (AvgIpc) is 3.74. The second-order valence-electron chi connectivity index (χ2n) is 10.1. The summed E-state index contributed by atoms with van der Waals surface area (Å²) in [5.74, 6) is -2.33. The van der Waals surface area contributed by atoms with Gasteiger partial charge in [-0.1, -0.05) is 18.2 Å². The van der Waals surface area contributed by atoms with Crippen LogP contribution in [0.25, 0.3) is 10.9 Å². The van der Waals surface area contributed by atoms with Crippen LogP contribution in [-0.4, -0.2) is 85.9 Å². The van der Waals surface area contributed by atoms with Crippen molar-refractivity contribution in [2.45, 2.75) is 62.7 Å². The van der Waals surface area contributed by atoms with Crippen molar-refractivity contribution < 1.29 is 24.3 Å². The summed E-state index contributed by atoms with van der Waals surface area (Å²) in [6.45, 7) is 1.26. The zero-order chi connectivity index (χ0) is 27.4. The van der Waals surface area contributed by atoms with Crippen LogP contribution in [0.1, 0.15) is 36.9 Å². The first-order chi connectivity index (χ1) is 18.9. The van der Waals surface area contributed by atoms with Crippen molar-refractivity contribution in [1.82, 2.24) is 35.8 Å². The molecule has 3 aromatic rings. The van der Waals surface area contributed by atoms with Gasteiger partial charge in [-0.15, -0.1) is 0 Å². The summed E-state index contributed by atoms with van der Waals surface area (Å²) in [4.78, 5) is 63.6. The summed E-state index contributed by atoms with van der Waals surface area (Å²) < 4.78 is 0. The van der Waals surface area contributed by atoms with Gasteiger partial charge in [-0.3, -0.25) is 14.4 Å². The molecule has 2 aliphatic heterocycles. The van der Waals surface area contributed by atoms with Gasteiger partial charge < -0.3 is 35.9 Å². The number of likely N-dealkylation sites (tertiary alicyclic amines) is 1. The Morgan fingerprint density at radius 1 is 1.05 bits per heavy atom. The SMILES string of the molecule is O=C(O)C(Cc1cnc[nH]1)NC(=O)C(Cc1c[nH]c2ccccc12)NC(=O)C1CCCN1C(=O)C1CCCN1. The quantitative estimate of drug-likeness (QED) is 0.219. The Balaban J connectivity index is 1.35. The fraction of sp³-hybridized carbons (Fsp3) is 0.444. The van der Waals surface area contributed by atoms with E-state index in [0.29, 0.717) is 25.1 Å². The van der Waals surface area contributed by atoms with Gasteiger partial charge in [-0.25, -0.2) is 9.78 Å². The smallest absolute Gasteiger partial charge is 0.326 e. The van der Waals surface area contributed by atoms with E-state index in [1.807, 2.05) is 24.3 Å². The topological polar surface area (TPSA) is 172 Å². The Hall–Kier alpha value is -4.19. The fourth-order valence-corrected chi connectivity index (χ4v) is 5.48. The number of nitrogens with zero attached hydrogens (tertiary/aromatic N) is 2. The highest BCUT2D eigenvalue weighted by molar-refractivity contribution is 5.95. The molecule has 12 nitrogen and oxygen atoms in total. The lowest BCUT2D eigenvalue weighted by molar-refractivity contribution is -0.143.